The van der Waals surface area contributed by atoms with Gasteiger partial charge in [0.15, 0.2) is 5.78 Å². The molecule has 0 radical (unpaired) electrons. The van der Waals surface area contributed by atoms with E-state index in [-0.39, 0.29) is 35.8 Å². The molecular weight excluding hydrogens is 388 g/mol. The van der Waals surface area contributed by atoms with Crippen LogP contribution in [-0.2, 0) is 9.59 Å². The number of halogens is 3. The van der Waals surface area contributed by atoms with E-state index in [1.807, 2.05) is 6.07 Å². The largest absolute Gasteiger partial charge is 0.329 e. The Balaban J connectivity index is 1.70. The number of ketones is 1. The third-order valence-electron chi connectivity index (χ3n) is 5.22. The van der Waals surface area contributed by atoms with Crippen molar-refractivity contribution in [3.8, 4) is 0 Å². The van der Waals surface area contributed by atoms with Crippen molar-refractivity contribution in [2.24, 2.45) is 0 Å². The van der Waals surface area contributed by atoms with Gasteiger partial charge in [0, 0.05) is 30.0 Å². The normalized spacial score (nSPS) is 22.5. The van der Waals surface area contributed by atoms with E-state index in [9.17, 15) is 14.0 Å². The van der Waals surface area contributed by atoms with Crippen LogP contribution in [-0.4, -0.2) is 11.7 Å². The zero-order valence-corrected chi connectivity index (χ0v) is 15.8. The summed E-state index contributed by atoms with van der Waals surface area (Å²) in [5.74, 6) is -0.884. The molecule has 1 N–H and O–H groups in total. The minimum absolute atomic E-state index is 0.00153. The van der Waals surface area contributed by atoms with Crippen LogP contribution in [0.15, 0.2) is 53.7 Å². The molecule has 1 aliphatic heterocycles. The summed E-state index contributed by atoms with van der Waals surface area (Å²) in [6.45, 7) is 0. The van der Waals surface area contributed by atoms with Gasteiger partial charge in [0.1, 0.15) is 5.82 Å². The first kappa shape index (κ1) is 18.2. The highest BCUT2D eigenvalue weighted by molar-refractivity contribution is 6.42. The summed E-state index contributed by atoms with van der Waals surface area (Å²) < 4.78 is 13.3. The molecule has 2 aliphatic rings. The fraction of sp³-hybridized carbons (Fsp3) is 0.238. The van der Waals surface area contributed by atoms with Crippen LogP contribution in [0.4, 0.5) is 4.39 Å². The van der Waals surface area contributed by atoms with Gasteiger partial charge in [0.25, 0.3) is 0 Å². The van der Waals surface area contributed by atoms with Gasteiger partial charge in [-0.25, -0.2) is 4.39 Å². The molecule has 6 heteroatoms. The van der Waals surface area contributed by atoms with Gasteiger partial charge in [-0.05, 0) is 47.7 Å². The molecule has 1 amide bonds. The van der Waals surface area contributed by atoms with Crippen molar-refractivity contribution < 1.29 is 14.0 Å². The fourth-order valence-electron chi connectivity index (χ4n) is 3.94. The average Bonchev–Trinajstić information content (AvgIpc) is 2.63. The molecule has 1 aliphatic carbocycles. The number of hydrogen-bond donors (Lipinski definition) is 1. The Morgan fingerprint density at radius 3 is 2.30 bits per heavy atom. The van der Waals surface area contributed by atoms with Gasteiger partial charge in [0.05, 0.1) is 10.0 Å². The first-order valence-electron chi connectivity index (χ1n) is 8.69. The Morgan fingerprint density at radius 2 is 1.59 bits per heavy atom. The summed E-state index contributed by atoms with van der Waals surface area (Å²) in [4.78, 5) is 25.2. The molecular formula is C21H16Cl2FNO2. The molecule has 138 valence electrons. The van der Waals surface area contributed by atoms with E-state index in [4.69, 9.17) is 23.2 Å². The van der Waals surface area contributed by atoms with Gasteiger partial charge < -0.3 is 5.32 Å². The summed E-state index contributed by atoms with van der Waals surface area (Å²) in [7, 11) is 0. The Kier molecular flexibility index (Phi) is 4.79. The van der Waals surface area contributed by atoms with Crippen molar-refractivity contribution in [1.82, 2.24) is 5.32 Å². The van der Waals surface area contributed by atoms with Gasteiger partial charge in [-0.1, -0.05) is 41.4 Å². The second-order valence-corrected chi connectivity index (χ2v) is 7.76. The summed E-state index contributed by atoms with van der Waals surface area (Å²) in [5.41, 5.74) is 2.99. The molecule has 2 aromatic carbocycles. The molecule has 0 aromatic heterocycles. The van der Waals surface area contributed by atoms with Crippen LogP contribution < -0.4 is 5.32 Å². The molecule has 1 heterocycles. The van der Waals surface area contributed by atoms with Crippen LogP contribution in [0.5, 0.6) is 0 Å². The van der Waals surface area contributed by atoms with E-state index in [1.165, 1.54) is 12.1 Å². The maximum atomic E-state index is 13.3. The number of allylic oxidation sites excluding steroid dienone is 2. The number of nitrogens with one attached hydrogen (secondary N) is 1. The van der Waals surface area contributed by atoms with E-state index in [2.05, 4.69) is 5.32 Å². The Morgan fingerprint density at radius 1 is 0.889 bits per heavy atom. The van der Waals surface area contributed by atoms with Crippen molar-refractivity contribution in [2.75, 3.05) is 0 Å². The molecule has 0 spiro atoms. The Hall–Kier alpha value is -2.17. The molecule has 2 atom stereocenters. The maximum Gasteiger partial charge on any atom is 0.225 e. The summed E-state index contributed by atoms with van der Waals surface area (Å²) in [6, 6.07) is 11.3. The lowest BCUT2D eigenvalue weighted by atomic mass is 9.73. The lowest BCUT2D eigenvalue weighted by Gasteiger charge is -2.34. The molecule has 27 heavy (non-hydrogen) atoms. The third-order valence-corrected chi connectivity index (χ3v) is 5.96. The van der Waals surface area contributed by atoms with Gasteiger partial charge in [-0.15, -0.1) is 0 Å². The molecule has 0 saturated carbocycles. The van der Waals surface area contributed by atoms with Crippen molar-refractivity contribution in [2.45, 2.75) is 31.1 Å². The van der Waals surface area contributed by atoms with Crippen LogP contribution in [0.1, 0.15) is 42.2 Å². The predicted molar refractivity (Wildman–Crippen MR) is 102 cm³/mol. The number of carbonyl (C=O) groups excluding carboxylic acids is 2. The number of rotatable bonds is 2. The number of benzene rings is 2. The minimum Gasteiger partial charge on any atom is -0.329 e. The van der Waals surface area contributed by atoms with E-state index >= 15 is 0 Å². The summed E-state index contributed by atoms with van der Waals surface area (Å²) >= 11 is 12.1. The van der Waals surface area contributed by atoms with Crippen molar-refractivity contribution in [1.29, 1.82) is 0 Å². The van der Waals surface area contributed by atoms with Crippen molar-refractivity contribution in [3.63, 3.8) is 0 Å². The monoisotopic (exact) mass is 403 g/mol. The molecule has 0 bridgehead atoms. The van der Waals surface area contributed by atoms with Crippen molar-refractivity contribution in [3.05, 3.63) is 80.7 Å². The zero-order valence-electron chi connectivity index (χ0n) is 14.3. The molecule has 3 nitrogen and oxygen atoms in total. The highest BCUT2D eigenvalue weighted by atomic mass is 35.5. The van der Waals surface area contributed by atoms with Crippen molar-refractivity contribution >= 4 is 34.9 Å². The topological polar surface area (TPSA) is 46.2 Å². The standard InChI is InChI=1S/C21H16Cl2FNO2/c22-16-6-3-12(7-17(16)23)13-8-18-21(19(26)9-13)15(10-20(27)25-18)11-1-4-14(24)5-2-11/h1-7,13,15H,8-10H2,(H,25,27). The lowest BCUT2D eigenvalue weighted by molar-refractivity contribution is -0.122. The Bertz CT molecular complexity index is 969. The molecule has 2 unspecified atom stereocenters. The van der Waals surface area contributed by atoms with E-state index < -0.39 is 0 Å². The summed E-state index contributed by atoms with van der Waals surface area (Å²) in [6.07, 6.45) is 1.07. The number of hydrogen-bond acceptors (Lipinski definition) is 2. The highest BCUT2D eigenvalue weighted by Gasteiger charge is 2.38. The highest BCUT2D eigenvalue weighted by Crippen LogP contribution is 2.43. The second kappa shape index (κ2) is 7.10. The third kappa shape index (κ3) is 3.52. The van der Waals surface area contributed by atoms with Gasteiger partial charge in [0.2, 0.25) is 5.91 Å². The Labute approximate surface area is 166 Å². The predicted octanol–water partition coefficient (Wildman–Crippen LogP) is 5.14. The van der Waals surface area contributed by atoms with Crippen LogP contribution in [0.3, 0.4) is 0 Å². The van der Waals surface area contributed by atoms with E-state index in [1.54, 1.807) is 24.3 Å². The second-order valence-electron chi connectivity index (χ2n) is 6.95. The van der Waals surface area contributed by atoms with E-state index in [0.29, 0.717) is 34.2 Å². The minimum atomic E-state index is -0.345. The molecule has 4 rings (SSSR count). The quantitative estimate of drug-likeness (QED) is 0.754. The van der Waals surface area contributed by atoms with E-state index in [0.717, 1.165) is 11.1 Å². The maximum absolute atomic E-state index is 13.3. The SMILES string of the molecule is O=C1CC(c2ccc(F)cc2)C2=C(CC(c3ccc(Cl)c(Cl)c3)CC2=O)N1. The summed E-state index contributed by atoms with van der Waals surface area (Å²) in [5, 5.41) is 3.78. The first-order valence-corrected chi connectivity index (χ1v) is 9.44. The fourth-order valence-corrected chi connectivity index (χ4v) is 4.25. The lowest BCUT2D eigenvalue weighted by Crippen LogP contribution is -2.38. The average molecular weight is 404 g/mol. The van der Waals surface area contributed by atoms with Crippen LogP contribution in [0.2, 0.25) is 10.0 Å². The first-order chi connectivity index (χ1) is 12.9. The smallest absolute Gasteiger partial charge is 0.225 e. The van der Waals surface area contributed by atoms with Crippen LogP contribution in [0.25, 0.3) is 0 Å². The van der Waals surface area contributed by atoms with Gasteiger partial charge in [-0.2, -0.15) is 0 Å². The van der Waals surface area contributed by atoms with Gasteiger partial charge >= 0.3 is 0 Å². The number of amides is 1. The van der Waals surface area contributed by atoms with Crippen LogP contribution >= 0.6 is 23.2 Å². The number of Topliss-reactive ketones (excluding diaryl/α,β-unsaturated/α-hetero) is 1. The molecule has 0 fully saturated rings. The van der Waals surface area contributed by atoms with Crippen LogP contribution in [0, 0.1) is 5.82 Å². The zero-order chi connectivity index (χ0) is 19.1. The molecule has 2 aromatic rings. The molecule has 0 saturated heterocycles. The number of carbonyl (C=O) groups is 2. The van der Waals surface area contributed by atoms with Gasteiger partial charge in [-0.3, -0.25) is 9.59 Å².